The van der Waals surface area contributed by atoms with Crippen LogP contribution in [-0.2, 0) is 0 Å². The van der Waals surface area contributed by atoms with Gasteiger partial charge >= 0.3 is 5.97 Å². The lowest BCUT2D eigenvalue weighted by Gasteiger charge is -2.18. The number of thioether (sulfide) groups is 2. The fourth-order valence-corrected chi connectivity index (χ4v) is 6.08. The Bertz CT molecular complexity index is 606. The fourth-order valence-electron chi connectivity index (χ4n) is 2.03. The van der Waals surface area contributed by atoms with Crippen molar-refractivity contribution in [3.05, 3.63) is 41.0 Å². The monoisotopic (exact) mass is 323 g/mol. The second-order valence-corrected chi connectivity index (χ2v) is 7.83. The summed E-state index contributed by atoms with van der Waals surface area (Å²) in [7, 11) is 0. The Hall–Kier alpha value is -0.980. The van der Waals surface area contributed by atoms with E-state index in [1.54, 1.807) is 0 Å². The number of nitrogens with zero attached hydrogens (tertiary/aromatic N) is 1. The van der Waals surface area contributed by atoms with Crippen LogP contribution < -0.4 is 0 Å². The van der Waals surface area contributed by atoms with Crippen LogP contribution >= 0.6 is 34.9 Å². The standard InChI is InChI=1S/C14H13NO2S3/c16-14(17)11-12(9-4-2-1-3-5-9)20-13(15-11)10-8-18-6-7-19-10/h1-5,10H,6-8H2,(H,16,17). The van der Waals surface area contributed by atoms with Gasteiger partial charge in [0.05, 0.1) is 10.1 Å². The summed E-state index contributed by atoms with van der Waals surface area (Å²) < 4.78 is 0. The van der Waals surface area contributed by atoms with Gasteiger partial charge in [0.1, 0.15) is 5.01 Å². The normalized spacial score (nSPS) is 18.9. The molecule has 2 heterocycles. The van der Waals surface area contributed by atoms with E-state index >= 15 is 0 Å². The number of aromatic nitrogens is 1. The summed E-state index contributed by atoms with van der Waals surface area (Å²) in [4.78, 5) is 16.6. The average molecular weight is 323 g/mol. The molecule has 1 aromatic heterocycles. The van der Waals surface area contributed by atoms with Gasteiger partial charge in [-0.05, 0) is 5.56 Å². The number of rotatable bonds is 3. The summed E-state index contributed by atoms with van der Waals surface area (Å²) >= 11 is 5.32. The maximum atomic E-state index is 11.4. The van der Waals surface area contributed by atoms with Crippen LogP contribution in [0.5, 0.6) is 0 Å². The van der Waals surface area contributed by atoms with Crippen molar-refractivity contribution in [1.29, 1.82) is 0 Å². The second kappa shape index (κ2) is 6.20. The highest BCUT2D eigenvalue weighted by molar-refractivity contribution is 8.06. The molecule has 2 aromatic rings. The lowest BCUT2D eigenvalue weighted by molar-refractivity contribution is 0.0692. The van der Waals surface area contributed by atoms with E-state index in [1.165, 1.54) is 17.1 Å². The van der Waals surface area contributed by atoms with Crippen molar-refractivity contribution in [2.45, 2.75) is 5.25 Å². The van der Waals surface area contributed by atoms with E-state index in [4.69, 9.17) is 0 Å². The third-order valence-corrected chi connectivity index (χ3v) is 7.10. The van der Waals surface area contributed by atoms with E-state index < -0.39 is 5.97 Å². The molecule has 1 aromatic carbocycles. The SMILES string of the molecule is O=C(O)c1nc(C2CSCCS2)sc1-c1ccccc1. The first-order valence-corrected chi connectivity index (χ1v) is 9.26. The van der Waals surface area contributed by atoms with Crippen LogP contribution in [0.15, 0.2) is 30.3 Å². The summed E-state index contributed by atoms with van der Waals surface area (Å²) in [6.07, 6.45) is 0. The van der Waals surface area contributed by atoms with E-state index in [0.29, 0.717) is 5.25 Å². The number of aromatic carboxylic acids is 1. The molecular formula is C14H13NO2S3. The van der Waals surface area contributed by atoms with Crippen molar-refractivity contribution in [3.8, 4) is 10.4 Å². The van der Waals surface area contributed by atoms with Gasteiger partial charge in [0.2, 0.25) is 0 Å². The van der Waals surface area contributed by atoms with Gasteiger partial charge in [-0.15, -0.1) is 23.1 Å². The maximum Gasteiger partial charge on any atom is 0.356 e. The number of carboxylic acid groups (broad SMARTS) is 1. The van der Waals surface area contributed by atoms with Crippen LogP contribution in [0, 0.1) is 0 Å². The lowest BCUT2D eigenvalue weighted by atomic mass is 10.1. The van der Waals surface area contributed by atoms with Gasteiger partial charge in [-0.25, -0.2) is 9.78 Å². The Labute approximate surface area is 129 Å². The molecule has 1 unspecified atom stereocenters. The van der Waals surface area contributed by atoms with Crippen LogP contribution in [0.1, 0.15) is 20.7 Å². The van der Waals surface area contributed by atoms with Crippen LogP contribution in [0.2, 0.25) is 0 Å². The molecule has 1 aliphatic rings. The van der Waals surface area contributed by atoms with Gasteiger partial charge in [0.25, 0.3) is 0 Å². The molecule has 3 nitrogen and oxygen atoms in total. The number of hydrogen-bond acceptors (Lipinski definition) is 5. The molecule has 0 aliphatic carbocycles. The molecule has 3 rings (SSSR count). The highest BCUT2D eigenvalue weighted by Crippen LogP contribution is 2.41. The number of thiazole rings is 1. The van der Waals surface area contributed by atoms with Gasteiger partial charge in [0, 0.05) is 17.3 Å². The Morgan fingerprint density at radius 2 is 2.05 bits per heavy atom. The maximum absolute atomic E-state index is 11.4. The molecule has 1 N–H and O–H groups in total. The molecule has 104 valence electrons. The van der Waals surface area contributed by atoms with Crippen molar-refractivity contribution in [2.75, 3.05) is 17.3 Å². The first-order valence-electron chi connectivity index (χ1n) is 6.24. The van der Waals surface area contributed by atoms with Crippen LogP contribution in [-0.4, -0.2) is 33.3 Å². The van der Waals surface area contributed by atoms with Gasteiger partial charge in [0.15, 0.2) is 5.69 Å². The van der Waals surface area contributed by atoms with Crippen LogP contribution in [0.4, 0.5) is 0 Å². The summed E-state index contributed by atoms with van der Waals surface area (Å²) in [5.41, 5.74) is 1.12. The lowest BCUT2D eigenvalue weighted by Crippen LogP contribution is -2.07. The van der Waals surface area contributed by atoms with Crippen molar-refractivity contribution >= 4 is 40.8 Å². The summed E-state index contributed by atoms with van der Waals surface area (Å²) in [5, 5.41) is 10.6. The van der Waals surface area contributed by atoms with Crippen molar-refractivity contribution in [2.24, 2.45) is 0 Å². The van der Waals surface area contributed by atoms with Crippen LogP contribution in [0.25, 0.3) is 10.4 Å². The second-order valence-electron chi connectivity index (χ2n) is 4.34. The summed E-state index contributed by atoms with van der Waals surface area (Å²) in [6.45, 7) is 0. The minimum atomic E-state index is -0.945. The predicted molar refractivity (Wildman–Crippen MR) is 87.0 cm³/mol. The van der Waals surface area contributed by atoms with E-state index in [1.807, 2.05) is 53.9 Å². The van der Waals surface area contributed by atoms with E-state index in [2.05, 4.69) is 4.98 Å². The molecule has 6 heteroatoms. The number of carboxylic acids is 1. The van der Waals surface area contributed by atoms with Crippen molar-refractivity contribution < 1.29 is 9.90 Å². The third-order valence-electron chi connectivity index (χ3n) is 2.97. The molecule has 1 atom stereocenters. The Kier molecular flexibility index (Phi) is 4.33. The highest BCUT2D eigenvalue weighted by atomic mass is 32.2. The van der Waals surface area contributed by atoms with Gasteiger partial charge < -0.3 is 5.11 Å². The first kappa shape index (κ1) is 14.0. The van der Waals surface area contributed by atoms with Gasteiger partial charge in [-0.2, -0.15) is 11.8 Å². The zero-order valence-corrected chi connectivity index (χ0v) is 13.1. The topological polar surface area (TPSA) is 50.2 Å². The molecule has 0 radical (unpaired) electrons. The summed E-state index contributed by atoms with van der Waals surface area (Å²) in [5.74, 6) is 2.35. The minimum absolute atomic E-state index is 0.187. The number of benzene rings is 1. The smallest absolute Gasteiger partial charge is 0.356 e. The molecule has 1 fully saturated rings. The highest BCUT2D eigenvalue weighted by Gasteiger charge is 2.25. The molecule has 0 saturated carbocycles. The molecule has 0 bridgehead atoms. The predicted octanol–water partition coefficient (Wildman–Crippen LogP) is 4.03. The Morgan fingerprint density at radius 3 is 2.70 bits per heavy atom. The summed E-state index contributed by atoms with van der Waals surface area (Å²) in [6, 6.07) is 9.65. The zero-order valence-electron chi connectivity index (χ0n) is 10.6. The van der Waals surface area contributed by atoms with Gasteiger partial charge in [-0.1, -0.05) is 30.3 Å². The first-order chi connectivity index (χ1) is 9.75. The Balaban J connectivity index is 2.00. The van der Waals surface area contributed by atoms with Crippen molar-refractivity contribution in [1.82, 2.24) is 4.98 Å². The van der Waals surface area contributed by atoms with E-state index in [0.717, 1.165) is 27.0 Å². The number of carbonyl (C=O) groups is 1. The number of hydrogen-bond donors (Lipinski definition) is 1. The average Bonchev–Trinajstić information content (AvgIpc) is 2.94. The van der Waals surface area contributed by atoms with Gasteiger partial charge in [-0.3, -0.25) is 0 Å². The molecule has 1 aliphatic heterocycles. The third kappa shape index (κ3) is 2.87. The molecule has 0 spiro atoms. The largest absolute Gasteiger partial charge is 0.476 e. The molecule has 20 heavy (non-hydrogen) atoms. The zero-order chi connectivity index (χ0) is 13.9. The van der Waals surface area contributed by atoms with Crippen LogP contribution in [0.3, 0.4) is 0 Å². The van der Waals surface area contributed by atoms with E-state index in [-0.39, 0.29) is 5.69 Å². The molecular weight excluding hydrogens is 310 g/mol. The minimum Gasteiger partial charge on any atom is -0.476 e. The molecule has 1 saturated heterocycles. The van der Waals surface area contributed by atoms with Crippen molar-refractivity contribution in [3.63, 3.8) is 0 Å². The quantitative estimate of drug-likeness (QED) is 0.924. The Morgan fingerprint density at radius 1 is 1.25 bits per heavy atom. The molecule has 0 amide bonds. The van der Waals surface area contributed by atoms with E-state index in [9.17, 15) is 9.90 Å². The fraction of sp³-hybridized carbons (Fsp3) is 0.286.